The van der Waals surface area contributed by atoms with Crippen LogP contribution in [0, 0.1) is 6.92 Å². The highest BCUT2D eigenvalue weighted by Crippen LogP contribution is 2.33. The molecule has 2 aromatic rings. The summed E-state index contributed by atoms with van der Waals surface area (Å²) in [6.45, 7) is 3.87. The number of carbonyl (C=O) groups excluding carboxylic acids is 1. The summed E-state index contributed by atoms with van der Waals surface area (Å²) >= 11 is 10.7. The van der Waals surface area contributed by atoms with E-state index in [9.17, 15) is 4.79 Å². The minimum Gasteiger partial charge on any atom is -0.462 e. The van der Waals surface area contributed by atoms with Gasteiger partial charge in [0.15, 0.2) is 0 Å². The van der Waals surface area contributed by atoms with Crippen LogP contribution in [-0.4, -0.2) is 16.9 Å². The molecule has 4 nitrogen and oxygen atoms in total. The SMILES string of the molecule is CCOC(=O)c1c(C)nsc1Nc1ccc(Br)cc1Cl. The number of rotatable bonds is 4. The van der Waals surface area contributed by atoms with Crippen molar-refractivity contribution in [1.29, 1.82) is 0 Å². The minimum atomic E-state index is -0.380. The summed E-state index contributed by atoms with van der Waals surface area (Å²) < 4.78 is 10.1. The zero-order chi connectivity index (χ0) is 14.7. The van der Waals surface area contributed by atoms with E-state index in [-0.39, 0.29) is 5.97 Å². The highest BCUT2D eigenvalue weighted by molar-refractivity contribution is 9.10. The van der Waals surface area contributed by atoms with Crippen molar-refractivity contribution in [2.75, 3.05) is 11.9 Å². The maximum absolute atomic E-state index is 11.9. The van der Waals surface area contributed by atoms with Crippen LogP contribution in [0.1, 0.15) is 23.0 Å². The second kappa shape index (κ2) is 6.56. The molecule has 106 valence electrons. The average molecular weight is 376 g/mol. The summed E-state index contributed by atoms with van der Waals surface area (Å²) in [7, 11) is 0. The fraction of sp³-hybridized carbons (Fsp3) is 0.231. The molecule has 0 radical (unpaired) electrons. The fourth-order valence-corrected chi connectivity index (χ4v) is 3.13. The van der Waals surface area contributed by atoms with Crippen LogP contribution < -0.4 is 5.32 Å². The number of benzene rings is 1. The number of aromatic nitrogens is 1. The molecule has 20 heavy (non-hydrogen) atoms. The van der Waals surface area contributed by atoms with Crippen LogP contribution >= 0.6 is 39.1 Å². The number of nitrogens with one attached hydrogen (secondary N) is 1. The normalized spacial score (nSPS) is 10.4. The first-order valence-corrected chi connectivity index (χ1v) is 7.82. The molecule has 0 aliphatic rings. The van der Waals surface area contributed by atoms with Crippen molar-refractivity contribution in [2.24, 2.45) is 0 Å². The van der Waals surface area contributed by atoms with Gasteiger partial charge in [-0.2, -0.15) is 4.37 Å². The number of halogens is 2. The van der Waals surface area contributed by atoms with E-state index in [0.29, 0.717) is 33.6 Å². The maximum atomic E-state index is 11.9. The van der Waals surface area contributed by atoms with E-state index in [0.717, 1.165) is 4.47 Å². The van der Waals surface area contributed by atoms with Gasteiger partial charge < -0.3 is 10.1 Å². The van der Waals surface area contributed by atoms with Crippen molar-refractivity contribution in [3.8, 4) is 0 Å². The topological polar surface area (TPSA) is 51.2 Å². The number of hydrogen-bond acceptors (Lipinski definition) is 5. The zero-order valence-corrected chi connectivity index (χ0v) is 14.0. The lowest BCUT2D eigenvalue weighted by molar-refractivity contribution is 0.0527. The van der Waals surface area contributed by atoms with Crippen LogP contribution in [0.4, 0.5) is 10.7 Å². The monoisotopic (exact) mass is 374 g/mol. The number of ether oxygens (including phenoxy) is 1. The Kier molecular flexibility index (Phi) is 5.01. The molecule has 7 heteroatoms. The average Bonchev–Trinajstić information content (AvgIpc) is 2.74. The largest absolute Gasteiger partial charge is 0.462 e. The third-order valence-corrected chi connectivity index (χ3v) is 4.18. The molecule has 0 aliphatic carbocycles. The molecule has 0 unspecified atom stereocenters. The van der Waals surface area contributed by atoms with E-state index >= 15 is 0 Å². The van der Waals surface area contributed by atoms with Gasteiger partial charge in [-0.3, -0.25) is 0 Å². The molecule has 2 rings (SSSR count). The molecular formula is C13H12BrClN2O2S. The Morgan fingerprint density at radius 3 is 2.95 bits per heavy atom. The fourth-order valence-electron chi connectivity index (χ4n) is 1.61. The Morgan fingerprint density at radius 2 is 2.30 bits per heavy atom. The van der Waals surface area contributed by atoms with Gasteiger partial charge in [0.2, 0.25) is 0 Å². The first-order chi connectivity index (χ1) is 9.52. The molecule has 0 bridgehead atoms. The van der Waals surface area contributed by atoms with Gasteiger partial charge in [0.1, 0.15) is 10.6 Å². The molecule has 0 atom stereocenters. The molecule has 0 amide bonds. The van der Waals surface area contributed by atoms with Crippen molar-refractivity contribution in [3.63, 3.8) is 0 Å². The van der Waals surface area contributed by atoms with E-state index in [1.54, 1.807) is 19.9 Å². The highest BCUT2D eigenvalue weighted by atomic mass is 79.9. The van der Waals surface area contributed by atoms with Gasteiger partial charge in [-0.15, -0.1) is 0 Å². The predicted octanol–water partition coefficient (Wildman–Crippen LogP) is 4.79. The Balaban J connectivity index is 2.32. The molecule has 1 aromatic heterocycles. The van der Waals surface area contributed by atoms with Crippen LogP contribution in [-0.2, 0) is 4.74 Å². The van der Waals surface area contributed by atoms with Gasteiger partial charge in [-0.05, 0) is 43.6 Å². The minimum absolute atomic E-state index is 0.326. The van der Waals surface area contributed by atoms with Crippen LogP contribution in [0.2, 0.25) is 5.02 Å². The third-order valence-electron chi connectivity index (χ3n) is 2.52. The van der Waals surface area contributed by atoms with Crippen LogP contribution in [0.25, 0.3) is 0 Å². The Labute approximate surface area is 134 Å². The summed E-state index contributed by atoms with van der Waals surface area (Å²) in [5, 5.41) is 4.32. The molecule has 0 aliphatic heterocycles. The zero-order valence-electron chi connectivity index (χ0n) is 10.9. The number of nitrogens with zero attached hydrogens (tertiary/aromatic N) is 1. The summed E-state index contributed by atoms with van der Waals surface area (Å²) in [6.07, 6.45) is 0. The molecule has 0 saturated carbocycles. The van der Waals surface area contributed by atoms with Crippen LogP contribution in [0.5, 0.6) is 0 Å². The molecule has 0 saturated heterocycles. The molecule has 1 heterocycles. The smallest absolute Gasteiger partial charge is 0.343 e. The van der Waals surface area contributed by atoms with E-state index in [1.807, 2.05) is 12.1 Å². The second-order valence-corrected chi connectivity index (χ2v) is 6.04. The van der Waals surface area contributed by atoms with E-state index in [1.165, 1.54) is 11.5 Å². The number of aryl methyl sites for hydroxylation is 1. The van der Waals surface area contributed by atoms with Crippen molar-refractivity contribution in [3.05, 3.63) is 39.0 Å². The lowest BCUT2D eigenvalue weighted by Crippen LogP contribution is -2.07. The Morgan fingerprint density at radius 1 is 1.55 bits per heavy atom. The lowest BCUT2D eigenvalue weighted by Gasteiger charge is -2.08. The van der Waals surface area contributed by atoms with Gasteiger partial charge in [0.05, 0.1) is 23.0 Å². The first-order valence-electron chi connectivity index (χ1n) is 5.88. The van der Waals surface area contributed by atoms with Gasteiger partial charge in [-0.1, -0.05) is 27.5 Å². The summed E-state index contributed by atoms with van der Waals surface area (Å²) in [6, 6.07) is 5.48. The molecular weight excluding hydrogens is 364 g/mol. The summed E-state index contributed by atoms with van der Waals surface area (Å²) in [4.78, 5) is 11.9. The van der Waals surface area contributed by atoms with Crippen molar-refractivity contribution in [2.45, 2.75) is 13.8 Å². The lowest BCUT2D eigenvalue weighted by atomic mass is 10.2. The number of anilines is 2. The van der Waals surface area contributed by atoms with Crippen LogP contribution in [0.15, 0.2) is 22.7 Å². The van der Waals surface area contributed by atoms with Gasteiger partial charge in [-0.25, -0.2) is 4.79 Å². The van der Waals surface area contributed by atoms with E-state index < -0.39 is 0 Å². The van der Waals surface area contributed by atoms with E-state index in [4.69, 9.17) is 16.3 Å². The Hall–Kier alpha value is -1.11. The second-order valence-electron chi connectivity index (χ2n) is 3.94. The number of carbonyl (C=O) groups is 1. The quantitative estimate of drug-likeness (QED) is 0.781. The van der Waals surface area contributed by atoms with E-state index in [2.05, 4.69) is 25.6 Å². The van der Waals surface area contributed by atoms with Crippen molar-refractivity contribution >= 4 is 55.7 Å². The summed E-state index contributed by atoms with van der Waals surface area (Å²) in [5.74, 6) is -0.380. The van der Waals surface area contributed by atoms with Gasteiger partial charge in [0, 0.05) is 4.47 Å². The Bertz CT molecular complexity index is 645. The molecule has 0 fully saturated rings. The highest BCUT2D eigenvalue weighted by Gasteiger charge is 2.20. The first kappa shape index (κ1) is 15.3. The van der Waals surface area contributed by atoms with Gasteiger partial charge in [0.25, 0.3) is 0 Å². The molecule has 1 aromatic carbocycles. The third kappa shape index (κ3) is 3.31. The van der Waals surface area contributed by atoms with Gasteiger partial charge >= 0.3 is 5.97 Å². The number of esters is 1. The summed E-state index contributed by atoms with van der Waals surface area (Å²) in [5.41, 5.74) is 1.81. The standard InChI is InChI=1S/C13H12BrClN2O2S/c1-3-19-13(18)11-7(2)17-20-12(11)16-10-5-4-8(14)6-9(10)15/h4-6,16H,3H2,1-2H3. The predicted molar refractivity (Wildman–Crippen MR) is 85.2 cm³/mol. The molecule has 1 N–H and O–H groups in total. The van der Waals surface area contributed by atoms with Crippen LogP contribution in [0.3, 0.4) is 0 Å². The van der Waals surface area contributed by atoms with Crippen molar-refractivity contribution in [1.82, 2.24) is 4.37 Å². The maximum Gasteiger partial charge on any atom is 0.343 e. The van der Waals surface area contributed by atoms with Crippen molar-refractivity contribution < 1.29 is 9.53 Å². The molecule has 0 spiro atoms. The number of hydrogen-bond donors (Lipinski definition) is 1.